The van der Waals surface area contributed by atoms with Gasteiger partial charge in [0.25, 0.3) is 5.91 Å². The van der Waals surface area contributed by atoms with E-state index in [-0.39, 0.29) is 24.5 Å². The zero-order chi connectivity index (χ0) is 25.0. The lowest BCUT2D eigenvalue weighted by atomic mass is 9.98. The normalized spacial score (nSPS) is 24.3. The molecule has 4 atom stereocenters. The maximum Gasteiger partial charge on any atom is 0.258 e. The van der Waals surface area contributed by atoms with Gasteiger partial charge in [0.2, 0.25) is 0 Å². The lowest BCUT2D eigenvalue weighted by Crippen LogP contribution is -2.48. The van der Waals surface area contributed by atoms with E-state index in [0.717, 1.165) is 43.5 Å². The Morgan fingerprint density at radius 2 is 2.06 bits per heavy atom. The van der Waals surface area contributed by atoms with Crippen molar-refractivity contribution in [2.45, 2.75) is 63.9 Å². The van der Waals surface area contributed by atoms with Crippen LogP contribution in [0.3, 0.4) is 0 Å². The van der Waals surface area contributed by atoms with Crippen molar-refractivity contribution in [3.05, 3.63) is 58.3 Å². The van der Waals surface area contributed by atoms with Gasteiger partial charge >= 0.3 is 0 Å². The molecule has 2 fully saturated rings. The van der Waals surface area contributed by atoms with E-state index in [2.05, 4.69) is 21.9 Å². The summed E-state index contributed by atoms with van der Waals surface area (Å²) in [4.78, 5) is 22.1. The third-order valence-corrected chi connectivity index (χ3v) is 7.93. The quantitative estimate of drug-likeness (QED) is 0.541. The van der Waals surface area contributed by atoms with Gasteiger partial charge in [0.15, 0.2) is 5.65 Å². The first kappa shape index (κ1) is 23.6. The molecule has 190 valence electrons. The van der Waals surface area contributed by atoms with Gasteiger partial charge in [0, 0.05) is 43.1 Å². The van der Waals surface area contributed by atoms with Crippen LogP contribution >= 0.6 is 11.6 Å². The number of halogens is 2. The van der Waals surface area contributed by atoms with E-state index in [1.165, 1.54) is 18.2 Å². The van der Waals surface area contributed by atoms with Crippen molar-refractivity contribution in [3.8, 4) is 5.75 Å². The van der Waals surface area contributed by atoms with Crippen LogP contribution in [0.1, 0.15) is 54.2 Å². The summed E-state index contributed by atoms with van der Waals surface area (Å²) in [5.74, 6) is -0.113. The summed E-state index contributed by atoms with van der Waals surface area (Å²) in [5.41, 5.74) is 2.71. The molecule has 2 saturated heterocycles. The third-order valence-electron chi connectivity index (χ3n) is 7.74. The van der Waals surface area contributed by atoms with Crippen LogP contribution in [0.4, 0.5) is 4.39 Å². The number of carbonyl (C=O) groups excluding carboxylic acids is 1. The Balaban J connectivity index is 1.19. The molecule has 3 aromatic rings. The number of hydrogen-bond donors (Lipinski definition) is 1. The Labute approximate surface area is 213 Å². The predicted molar refractivity (Wildman–Crippen MR) is 131 cm³/mol. The largest absolute Gasteiger partial charge is 0.489 e. The molecule has 6 rings (SSSR count). The van der Waals surface area contributed by atoms with Crippen molar-refractivity contribution >= 4 is 23.2 Å². The molecule has 2 aromatic heterocycles. The topological polar surface area (TPSA) is 83.2 Å². The number of nitrogens with zero attached hydrogens (tertiary/aromatic N) is 5. The van der Waals surface area contributed by atoms with Gasteiger partial charge in [-0.25, -0.2) is 13.9 Å². The minimum atomic E-state index is -0.429. The van der Waals surface area contributed by atoms with Crippen LogP contribution in [0.25, 0.3) is 5.65 Å². The number of rotatable bonds is 6. The number of benzene rings is 1. The fraction of sp³-hybridized carbons (Fsp3) is 0.500. The summed E-state index contributed by atoms with van der Waals surface area (Å²) < 4.78 is 22.2. The molecule has 1 aromatic carbocycles. The summed E-state index contributed by atoms with van der Waals surface area (Å²) in [7, 11) is 0. The first-order valence-corrected chi connectivity index (χ1v) is 12.9. The molecule has 0 aliphatic carbocycles. The van der Waals surface area contributed by atoms with Gasteiger partial charge in [-0.1, -0.05) is 18.5 Å². The smallest absolute Gasteiger partial charge is 0.258 e. The van der Waals surface area contributed by atoms with E-state index in [1.54, 1.807) is 21.8 Å². The standard InChI is InChI=1S/C26H29ClFN5O3/c1-15(14-34)10-32-18-3-4-19(32)8-20(7-18)36-24-6-17(28)2-5-21(24)26(35)31-12-22-23(13-31)30-33-11-16(27)9-29-25(22)33/h2,5-6,9,11,15,18-20,34H,3-4,7-8,10,12-14H2,1H3/t15-,18-,19+,20+/m0/s1. The maximum absolute atomic E-state index is 14.3. The van der Waals surface area contributed by atoms with Crippen LogP contribution in [0.2, 0.25) is 5.02 Å². The summed E-state index contributed by atoms with van der Waals surface area (Å²) in [6.07, 6.45) is 7.06. The molecule has 2 bridgehead atoms. The molecule has 1 N–H and O–H groups in total. The number of ether oxygens (including phenoxy) is 1. The predicted octanol–water partition coefficient (Wildman–Crippen LogP) is 3.68. The fourth-order valence-electron chi connectivity index (χ4n) is 6.02. The molecule has 8 nitrogen and oxygen atoms in total. The van der Waals surface area contributed by atoms with Crippen LogP contribution in [0.5, 0.6) is 5.75 Å². The van der Waals surface area contributed by atoms with Crippen molar-refractivity contribution in [2.75, 3.05) is 13.2 Å². The fourth-order valence-corrected chi connectivity index (χ4v) is 6.16. The Bertz CT molecular complexity index is 1300. The van der Waals surface area contributed by atoms with Crippen LogP contribution < -0.4 is 4.74 Å². The highest BCUT2D eigenvalue weighted by Gasteiger charge is 2.42. The highest BCUT2D eigenvalue weighted by molar-refractivity contribution is 6.30. The average molecular weight is 514 g/mol. The molecule has 36 heavy (non-hydrogen) atoms. The summed E-state index contributed by atoms with van der Waals surface area (Å²) in [6, 6.07) is 4.92. The zero-order valence-electron chi connectivity index (χ0n) is 20.1. The second-order valence-electron chi connectivity index (χ2n) is 10.3. The molecule has 0 unspecified atom stereocenters. The minimum Gasteiger partial charge on any atom is -0.489 e. The summed E-state index contributed by atoms with van der Waals surface area (Å²) in [5, 5.41) is 14.5. The Kier molecular flexibility index (Phi) is 6.09. The monoisotopic (exact) mass is 513 g/mol. The number of fused-ring (bicyclic) bond motifs is 5. The van der Waals surface area contributed by atoms with E-state index in [9.17, 15) is 14.3 Å². The molecule has 1 amide bonds. The third kappa shape index (κ3) is 4.23. The first-order chi connectivity index (χ1) is 17.4. The van der Waals surface area contributed by atoms with Gasteiger partial charge in [-0.2, -0.15) is 5.10 Å². The first-order valence-electron chi connectivity index (χ1n) is 12.5. The van der Waals surface area contributed by atoms with Crippen LogP contribution in [-0.4, -0.2) is 66.8 Å². The Morgan fingerprint density at radius 1 is 1.28 bits per heavy atom. The number of carbonyl (C=O) groups is 1. The molecule has 3 aliphatic heterocycles. The van der Waals surface area contributed by atoms with Crippen LogP contribution in [0.15, 0.2) is 30.6 Å². The highest BCUT2D eigenvalue weighted by Crippen LogP contribution is 2.39. The number of piperidine rings is 1. The Morgan fingerprint density at radius 3 is 2.81 bits per heavy atom. The molecule has 0 radical (unpaired) electrons. The molecule has 5 heterocycles. The molecular weight excluding hydrogens is 485 g/mol. The lowest BCUT2D eigenvalue weighted by Gasteiger charge is -2.40. The number of amides is 1. The molecule has 0 spiro atoms. The van der Waals surface area contributed by atoms with Crippen LogP contribution in [-0.2, 0) is 13.1 Å². The zero-order valence-corrected chi connectivity index (χ0v) is 20.9. The van der Waals surface area contributed by atoms with E-state index in [1.807, 2.05) is 0 Å². The molecule has 3 aliphatic rings. The summed E-state index contributed by atoms with van der Waals surface area (Å²) >= 11 is 6.02. The van der Waals surface area contributed by atoms with Crippen molar-refractivity contribution < 1.29 is 19.0 Å². The van der Waals surface area contributed by atoms with Gasteiger partial charge in [-0.05, 0) is 43.7 Å². The van der Waals surface area contributed by atoms with Crippen LogP contribution in [0, 0.1) is 11.7 Å². The molecule has 0 saturated carbocycles. The van der Waals surface area contributed by atoms with Gasteiger partial charge in [-0.15, -0.1) is 0 Å². The van der Waals surface area contributed by atoms with E-state index >= 15 is 0 Å². The van der Waals surface area contributed by atoms with Gasteiger partial charge < -0.3 is 14.7 Å². The van der Waals surface area contributed by atoms with Crippen molar-refractivity contribution in [1.82, 2.24) is 24.4 Å². The SMILES string of the molecule is C[C@H](CO)CN1[C@@H]2CC[C@H]1C[C@@H](Oc1cc(F)ccc1C(=O)N1Cc3nn4cc(Cl)cnc4c3C1)C2. The molecular formula is C26H29ClFN5O3. The second kappa shape index (κ2) is 9.28. The summed E-state index contributed by atoms with van der Waals surface area (Å²) in [6.45, 7) is 3.83. The minimum absolute atomic E-state index is 0.0783. The number of aliphatic hydroxyl groups is 1. The number of aliphatic hydroxyl groups excluding tert-OH is 1. The highest BCUT2D eigenvalue weighted by atomic mass is 35.5. The second-order valence-corrected chi connectivity index (χ2v) is 10.8. The molecule has 10 heteroatoms. The number of hydrogen-bond acceptors (Lipinski definition) is 6. The average Bonchev–Trinajstić information content (AvgIpc) is 3.47. The van der Waals surface area contributed by atoms with Gasteiger partial charge in [0.05, 0.1) is 35.6 Å². The van der Waals surface area contributed by atoms with E-state index < -0.39 is 5.82 Å². The van der Waals surface area contributed by atoms with E-state index in [0.29, 0.717) is 47.2 Å². The van der Waals surface area contributed by atoms with Crippen molar-refractivity contribution in [3.63, 3.8) is 0 Å². The number of aromatic nitrogens is 3. The van der Waals surface area contributed by atoms with Gasteiger partial charge in [-0.3, -0.25) is 9.69 Å². The maximum atomic E-state index is 14.3. The van der Waals surface area contributed by atoms with Crippen molar-refractivity contribution in [2.24, 2.45) is 5.92 Å². The van der Waals surface area contributed by atoms with Crippen molar-refractivity contribution in [1.29, 1.82) is 0 Å². The lowest BCUT2D eigenvalue weighted by molar-refractivity contribution is 0.0340. The van der Waals surface area contributed by atoms with Gasteiger partial charge in [0.1, 0.15) is 17.7 Å². The van der Waals surface area contributed by atoms with E-state index in [4.69, 9.17) is 16.3 Å². The Hall–Kier alpha value is -2.75.